The van der Waals surface area contributed by atoms with Crippen molar-refractivity contribution in [3.8, 4) is 0 Å². The fraction of sp³-hybridized carbons (Fsp3) is 0.588. The number of fused-ring (bicyclic) bond motifs is 1. The Labute approximate surface area is 121 Å². The molecule has 1 N–H and O–H groups in total. The number of likely N-dealkylation sites (tertiary alicyclic amines) is 1. The number of hydrogen-bond acceptors (Lipinski definition) is 2. The number of amides is 1. The lowest BCUT2D eigenvalue weighted by molar-refractivity contribution is -0.116. The molecule has 108 valence electrons. The number of benzene rings is 1. The molecular formula is C17H24N2O. The molecule has 1 amide bonds. The van der Waals surface area contributed by atoms with Crippen LogP contribution in [0.25, 0.3) is 0 Å². The first kappa shape index (κ1) is 13.6. The molecule has 0 radical (unpaired) electrons. The fourth-order valence-electron chi connectivity index (χ4n) is 3.72. The largest absolute Gasteiger partial charge is 0.326 e. The van der Waals surface area contributed by atoms with Gasteiger partial charge >= 0.3 is 0 Å². The van der Waals surface area contributed by atoms with Crippen LogP contribution >= 0.6 is 0 Å². The summed E-state index contributed by atoms with van der Waals surface area (Å²) >= 11 is 0. The van der Waals surface area contributed by atoms with Crippen LogP contribution in [0.1, 0.15) is 37.7 Å². The number of aryl methyl sites for hydroxylation is 1. The van der Waals surface area contributed by atoms with Gasteiger partial charge in [-0.15, -0.1) is 0 Å². The normalized spacial score (nSPS) is 25.6. The lowest BCUT2D eigenvalue weighted by Gasteiger charge is -2.23. The van der Waals surface area contributed by atoms with E-state index in [1.54, 1.807) is 0 Å². The van der Waals surface area contributed by atoms with Crippen LogP contribution in [0.2, 0.25) is 0 Å². The first-order valence-corrected chi connectivity index (χ1v) is 7.83. The topological polar surface area (TPSA) is 32.3 Å². The van der Waals surface area contributed by atoms with Crippen molar-refractivity contribution in [1.82, 2.24) is 4.90 Å². The van der Waals surface area contributed by atoms with E-state index < -0.39 is 0 Å². The van der Waals surface area contributed by atoms with Gasteiger partial charge < -0.3 is 5.32 Å². The summed E-state index contributed by atoms with van der Waals surface area (Å²) < 4.78 is 0. The Kier molecular flexibility index (Phi) is 4.06. The van der Waals surface area contributed by atoms with Crippen LogP contribution in [0.4, 0.5) is 5.69 Å². The lowest BCUT2D eigenvalue weighted by Crippen LogP contribution is -2.32. The summed E-state index contributed by atoms with van der Waals surface area (Å²) in [5.74, 6) is 1.05. The van der Waals surface area contributed by atoms with Gasteiger partial charge in [-0.05, 0) is 50.8 Å². The SMILES string of the molecule is Cc1ccc(NC(=O)CCN2CCC3CCCC32)cc1. The minimum absolute atomic E-state index is 0.135. The molecule has 3 nitrogen and oxygen atoms in total. The number of carbonyl (C=O) groups is 1. The predicted octanol–water partition coefficient (Wildman–Crippen LogP) is 3.20. The summed E-state index contributed by atoms with van der Waals surface area (Å²) in [7, 11) is 0. The van der Waals surface area contributed by atoms with Gasteiger partial charge in [0.1, 0.15) is 0 Å². The number of hydrogen-bond donors (Lipinski definition) is 1. The molecule has 0 bridgehead atoms. The number of rotatable bonds is 4. The second-order valence-electron chi connectivity index (χ2n) is 6.25. The smallest absolute Gasteiger partial charge is 0.225 e. The van der Waals surface area contributed by atoms with E-state index in [0.717, 1.165) is 24.2 Å². The van der Waals surface area contributed by atoms with Gasteiger partial charge in [-0.3, -0.25) is 9.69 Å². The molecular weight excluding hydrogens is 248 g/mol. The minimum Gasteiger partial charge on any atom is -0.326 e. The highest BCUT2D eigenvalue weighted by atomic mass is 16.1. The summed E-state index contributed by atoms with van der Waals surface area (Å²) in [5, 5.41) is 2.99. The van der Waals surface area contributed by atoms with Gasteiger partial charge in [-0.1, -0.05) is 24.1 Å². The maximum Gasteiger partial charge on any atom is 0.225 e. The van der Waals surface area contributed by atoms with Gasteiger partial charge in [-0.2, -0.15) is 0 Å². The molecule has 0 spiro atoms. The number of nitrogens with one attached hydrogen (secondary N) is 1. The van der Waals surface area contributed by atoms with Crippen molar-refractivity contribution in [2.24, 2.45) is 5.92 Å². The third-order valence-electron chi connectivity index (χ3n) is 4.84. The highest BCUT2D eigenvalue weighted by molar-refractivity contribution is 5.90. The van der Waals surface area contributed by atoms with Crippen molar-refractivity contribution in [2.75, 3.05) is 18.4 Å². The predicted molar refractivity (Wildman–Crippen MR) is 81.7 cm³/mol. The van der Waals surface area contributed by atoms with Crippen LogP contribution in [-0.4, -0.2) is 29.9 Å². The Morgan fingerprint density at radius 3 is 2.85 bits per heavy atom. The van der Waals surface area contributed by atoms with Crippen molar-refractivity contribution in [3.63, 3.8) is 0 Å². The number of carbonyl (C=O) groups excluding carboxylic acids is 1. The zero-order valence-corrected chi connectivity index (χ0v) is 12.3. The van der Waals surface area contributed by atoms with E-state index >= 15 is 0 Å². The molecule has 1 aliphatic carbocycles. The Morgan fingerprint density at radius 2 is 2.05 bits per heavy atom. The van der Waals surface area contributed by atoms with E-state index in [9.17, 15) is 4.79 Å². The van der Waals surface area contributed by atoms with Crippen LogP contribution in [0.3, 0.4) is 0 Å². The standard InChI is InChI=1S/C17H24N2O/c1-13-5-7-15(8-6-13)18-17(20)10-12-19-11-9-14-3-2-4-16(14)19/h5-8,14,16H,2-4,9-12H2,1H3,(H,18,20). The van der Waals surface area contributed by atoms with Gasteiger partial charge in [0.15, 0.2) is 0 Å². The Bertz CT molecular complexity index is 468. The van der Waals surface area contributed by atoms with Crippen LogP contribution in [0, 0.1) is 12.8 Å². The number of nitrogens with zero attached hydrogens (tertiary/aromatic N) is 1. The molecule has 2 unspecified atom stereocenters. The summed E-state index contributed by atoms with van der Waals surface area (Å²) in [6, 6.07) is 8.76. The Hall–Kier alpha value is -1.35. The second-order valence-corrected chi connectivity index (χ2v) is 6.25. The Balaban J connectivity index is 1.46. The summed E-state index contributed by atoms with van der Waals surface area (Å²) in [4.78, 5) is 14.5. The monoisotopic (exact) mass is 272 g/mol. The highest BCUT2D eigenvalue weighted by Gasteiger charge is 2.36. The second kappa shape index (κ2) is 5.96. The van der Waals surface area contributed by atoms with Crippen molar-refractivity contribution in [3.05, 3.63) is 29.8 Å². The van der Waals surface area contributed by atoms with Crippen molar-refractivity contribution >= 4 is 11.6 Å². The first-order chi connectivity index (χ1) is 9.72. The molecule has 3 rings (SSSR count). The van der Waals surface area contributed by atoms with Crippen LogP contribution in [-0.2, 0) is 4.79 Å². The van der Waals surface area contributed by atoms with E-state index in [2.05, 4.69) is 17.1 Å². The van der Waals surface area contributed by atoms with E-state index in [0.29, 0.717) is 6.42 Å². The van der Waals surface area contributed by atoms with Gasteiger partial charge in [-0.25, -0.2) is 0 Å². The van der Waals surface area contributed by atoms with Gasteiger partial charge in [0.05, 0.1) is 0 Å². The van der Waals surface area contributed by atoms with Crippen molar-refractivity contribution < 1.29 is 4.79 Å². The summed E-state index contributed by atoms with van der Waals surface area (Å²) in [5.41, 5.74) is 2.12. The molecule has 1 aliphatic heterocycles. The molecule has 1 heterocycles. The summed E-state index contributed by atoms with van der Waals surface area (Å²) in [6.45, 7) is 4.16. The average Bonchev–Trinajstić information content (AvgIpc) is 3.02. The zero-order chi connectivity index (χ0) is 13.9. The van der Waals surface area contributed by atoms with Gasteiger partial charge in [0.2, 0.25) is 5.91 Å². The van der Waals surface area contributed by atoms with Crippen LogP contribution < -0.4 is 5.32 Å². The quantitative estimate of drug-likeness (QED) is 0.913. The highest BCUT2D eigenvalue weighted by Crippen LogP contribution is 2.37. The summed E-state index contributed by atoms with van der Waals surface area (Å²) in [6.07, 6.45) is 6.06. The maximum absolute atomic E-state index is 12.0. The molecule has 2 atom stereocenters. The molecule has 0 aromatic heterocycles. The van der Waals surface area contributed by atoms with Crippen molar-refractivity contribution in [1.29, 1.82) is 0 Å². The van der Waals surface area contributed by atoms with Gasteiger partial charge in [0, 0.05) is 24.7 Å². The Morgan fingerprint density at radius 1 is 1.25 bits per heavy atom. The fourth-order valence-corrected chi connectivity index (χ4v) is 3.72. The van der Waals surface area contributed by atoms with E-state index in [1.807, 2.05) is 24.3 Å². The minimum atomic E-state index is 0.135. The van der Waals surface area contributed by atoms with Crippen LogP contribution in [0.15, 0.2) is 24.3 Å². The first-order valence-electron chi connectivity index (χ1n) is 7.83. The maximum atomic E-state index is 12.0. The third kappa shape index (κ3) is 3.04. The van der Waals surface area contributed by atoms with E-state index in [4.69, 9.17) is 0 Å². The molecule has 2 aliphatic rings. The molecule has 20 heavy (non-hydrogen) atoms. The third-order valence-corrected chi connectivity index (χ3v) is 4.84. The molecule has 1 saturated heterocycles. The number of anilines is 1. The lowest BCUT2D eigenvalue weighted by atomic mass is 10.0. The molecule has 1 aromatic rings. The zero-order valence-electron chi connectivity index (χ0n) is 12.3. The molecule has 1 aromatic carbocycles. The van der Waals surface area contributed by atoms with Crippen molar-refractivity contribution in [2.45, 2.75) is 45.1 Å². The molecule has 2 fully saturated rings. The average molecular weight is 272 g/mol. The van der Waals surface area contributed by atoms with Gasteiger partial charge in [0.25, 0.3) is 0 Å². The molecule has 3 heteroatoms. The molecule has 1 saturated carbocycles. The van der Waals surface area contributed by atoms with Crippen LogP contribution in [0.5, 0.6) is 0 Å². The van der Waals surface area contributed by atoms with E-state index in [-0.39, 0.29) is 5.91 Å². The van der Waals surface area contributed by atoms with E-state index in [1.165, 1.54) is 37.8 Å².